The first-order valence-corrected chi connectivity index (χ1v) is 8.84. The van der Waals surface area contributed by atoms with Crippen LogP contribution in [0.5, 0.6) is 5.75 Å². The van der Waals surface area contributed by atoms with Gasteiger partial charge < -0.3 is 15.4 Å². The summed E-state index contributed by atoms with van der Waals surface area (Å²) >= 11 is 5.86. The lowest BCUT2D eigenvalue weighted by Crippen LogP contribution is -2.42. The lowest BCUT2D eigenvalue weighted by Gasteiger charge is -2.25. The summed E-state index contributed by atoms with van der Waals surface area (Å²) in [5, 5.41) is 6.22. The number of anilines is 2. The Bertz CT molecular complexity index is 773. The monoisotopic (exact) mass is 374 g/mol. The Morgan fingerprint density at radius 2 is 1.65 bits per heavy atom. The summed E-state index contributed by atoms with van der Waals surface area (Å²) in [6.07, 6.45) is 1.23. The average Bonchev–Trinajstić information content (AvgIpc) is 2.57. The highest BCUT2D eigenvalue weighted by molar-refractivity contribution is 6.30. The van der Waals surface area contributed by atoms with E-state index < -0.39 is 5.60 Å². The Hall–Kier alpha value is -2.53. The number of carbonyl (C=O) groups is 2. The lowest BCUT2D eigenvalue weighted by molar-refractivity contribution is -0.128. The van der Waals surface area contributed by atoms with Crippen LogP contribution in [0.25, 0.3) is 0 Å². The zero-order valence-electron chi connectivity index (χ0n) is 15.1. The third-order valence-electron chi connectivity index (χ3n) is 3.61. The van der Waals surface area contributed by atoms with Crippen LogP contribution in [0.15, 0.2) is 48.5 Å². The molecular formula is C20H23ClN2O3. The molecule has 2 aromatic carbocycles. The maximum absolute atomic E-state index is 12.6. The van der Waals surface area contributed by atoms with Gasteiger partial charge in [0.05, 0.1) is 0 Å². The Morgan fingerprint density at radius 3 is 2.27 bits per heavy atom. The lowest BCUT2D eigenvalue weighted by atomic mass is 10.1. The molecule has 0 aliphatic rings. The predicted molar refractivity (Wildman–Crippen MR) is 105 cm³/mol. The van der Waals surface area contributed by atoms with Gasteiger partial charge in [0.2, 0.25) is 5.91 Å². The minimum absolute atomic E-state index is 0.0534. The molecule has 26 heavy (non-hydrogen) atoms. The van der Waals surface area contributed by atoms with E-state index in [0.717, 1.165) is 6.42 Å². The Morgan fingerprint density at radius 1 is 1.04 bits per heavy atom. The minimum Gasteiger partial charge on any atom is -0.478 e. The number of hydrogen-bond acceptors (Lipinski definition) is 3. The van der Waals surface area contributed by atoms with Crippen LogP contribution in [-0.4, -0.2) is 17.4 Å². The summed E-state index contributed by atoms with van der Waals surface area (Å²) in [7, 11) is 0. The normalized spacial score (nSPS) is 10.9. The molecule has 0 radical (unpaired) electrons. The van der Waals surface area contributed by atoms with Crippen molar-refractivity contribution in [3.8, 4) is 5.75 Å². The van der Waals surface area contributed by atoms with Crippen LogP contribution in [0.4, 0.5) is 11.4 Å². The molecule has 0 aromatic heterocycles. The molecule has 0 heterocycles. The van der Waals surface area contributed by atoms with E-state index >= 15 is 0 Å². The predicted octanol–water partition coefficient (Wildman–Crippen LogP) is 4.87. The van der Waals surface area contributed by atoms with E-state index in [1.54, 1.807) is 62.4 Å². The largest absolute Gasteiger partial charge is 0.478 e. The quantitative estimate of drug-likeness (QED) is 0.726. The molecule has 2 rings (SSSR count). The molecule has 0 fully saturated rings. The first-order chi connectivity index (χ1) is 12.3. The minimum atomic E-state index is -1.09. The molecule has 0 spiro atoms. The van der Waals surface area contributed by atoms with Gasteiger partial charge in [-0.05, 0) is 62.7 Å². The van der Waals surface area contributed by atoms with Gasteiger partial charge in [-0.2, -0.15) is 0 Å². The van der Waals surface area contributed by atoms with Gasteiger partial charge >= 0.3 is 0 Å². The smallest absolute Gasteiger partial charge is 0.267 e. The number of carbonyl (C=O) groups excluding carboxylic acids is 2. The number of benzene rings is 2. The molecule has 138 valence electrons. The second-order valence-corrected chi connectivity index (χ2v) is 6.84. The zero-order valence-corrected chi connectivity index (χ0v) is 15.9. The van der Waals surface area contributed by atoms with Crippen molar-refractivity contribution in [2.24, 2.45) is 0 Å². The molecule has 0 bridgehead atoms. The van der Waals surface area contributed by atoms with Crippen LogP contribution >= 0.6 is 11.6 Å². The molecule has 2 aromatic rings. The second-order valence-electron chi connectivity index (χ2n) is 6.40. The van der Waals surface area contributed by atoms with Crippen molar-refractivity contribution in [2.75, 3.05) is 10.6 Å². The number of amides is 2. The molecule has 0 unspecified atom stereocenters. The third-order valence-corrected chi connectivity index (χ3v) is 3.87. The highest BCUT2D eigenvalue weighted by Gasteiger charge is 2.30. The second kappa shape index (κ2) is 8.72. The van der Waals surface area contributed by atoms with E-state index in [0.29, 0.717) is 28.6 Å². The molecule has 2 N–H and O–H groups in total. The van der Waals surface area contributed by atoms with Crippen LogP contribution in [0.1, 0.15) is 33.6 Å². The van der Waals surface area contributed by atoms with Crippen LogP contribution in [0, 0.1) is 0 Å². The van der Waals surface area contributed by atoms with Crippen molar-refractivity contribution in [3.63, 3.8) is 0 Å². The summed E-state index contributed by atoms with van der Waals surface area (Å²) in [5.74, 6) is 0.196. The van der Waals surface area contributed by atoms with E-state index in [1.165, 1.54) is 0 Å². The van der Waals surface area contributed by atoms with Crippen LogP contribution in [0.3, 0.4) is 0 Å². The van der Waals surface area contributed by atoms with Gasteiger partial charge in [-0.25, -0.2) is 0 Å². The highest BCUT2D eigenvalue weighted by Crippen LogP contribution is 2.23. The fourth-order valence-electron chi connectivity index (χ4n) is 2.25. The van der Waals surface area contributed by atoms with Crippen LogP contribution in [0.2, 0.25) is 5.02 Å². The first-order valence-electron chi connectivity index (χ1n) is 8.46. The highest BCUT2D eigenvalue weighted by atomic mass is 35.5. The SMILES string of the molecule is CCCC(=O)Nc1cccc(NC(=O)C(C)(C)Oc2ccc(Cl)cc2)c1. The number of hydrogen-bond donors (Lipinski definition) is 2. The summed E-state index contributed by atoms with van der Waals surface area (Å²) in [4.78, 5) is 24.3. The molecule has 0 aliphatic heterocycles. The number of ether oxygens (including phenoxy) is 1. The Kier molecular flexibility index (Phi) is 6.64. The van der Waals surface area contributed by atoms with Crippen LogP contribution < -0.4 is 15.4 Å². The third kappa shape index (κ3) is 5.77. The van der Waals surface area contributed by atoms with Crippen molar-refractivity contribution >= 4 is 34.8 Å². The van der Waals surface area contributed by atoms with Crippen molar-refractivity contribution in [3.05, 3.63) is 53.6 Å². The Balaban J connectivity index is 2.03. The summed E-state index contributed by atoms with van der Waals surface area (Å²) in [5.41, 5.74) is 0.129. The topological polar surface area (TPSA) is 67.4 Å². The van der Waals surface area contributed by atoms with Crippen molar-refractivity contribution < 1.29 is 14.3 Å². The average molecular weight is 375 g/mol. The van der Waals surface area contributed by atoms with Gasteiger partial charge in [0.25, 0.3) is 5.91 Å². The van der Waals surface area contributed by atoms with Crippen LogP contribution in [-0.2, 0) is 9.59 Å². The van der Waals surface area contributed by atoms with Crippen molar-refractivity contribution in [1.82, 2.24) is 0 Å². The number of nitrogens with one attached hydrogen (secondary N) is 2. The molecule has 0 atom stereocenters. The van der Waals surface area contributed by atoms with E-state index in [9.17, 15) is 9.59 Å². The molecular weight excluding hydrogens is 352 g/mol. The molecule has 0 saturated carbocycles. The Labute approximate surface area is 158 Å². The van der Waals surface area contributed by atoms with E-state index in [2.05, 4.69) is 10.6 Å². The van der Waals surface area contributed by atoms with E-state index in [4.69, 9.17) is 16.3 Å². The standard InChI is InChI=1S/C20H23ClN2O3/c1-4-6-18(24)22-15-7-5-8-16(13-15)23-19(25)20(2,3)26-17-11-9-14(21)10-12-17/h5,7-13H,4,6H2,1-3H3,(H,22,24)(H,23,25). The first kappa shape index (κ1) is 19.8. The van der Waals surface area contributed by atoms with Gasteiger partial charge in [-0.3, -0.25) is 9.59 Å². The molecule has 6 heteroatoms. The number of rotatable bonds is 7. The number of halogens is 1. The molecule has 2 amide bonds. The van der Waals surface area contributed by atoms with Gasteiger partial charge in [0.15, 0.2) is 5.60 Å². The maximum atomic E-state index is 12.6. The van der Waals surface area contributed by atoms with Crippen molar-refractivity contribution in [2.45, 2.75) is 39.2 Å². The van der Waals surface area contributed by atoms with Gasteiger partial charge in [0.1, 0.15) is 5.75 Å². The van der Waals surface area contributed by atoms with Gasteiger partial charge in [-0.15, -0.1) is 0 Å². The summed E-state index contributed by atoms with van der Waals surface area (Å²) < 4.78 is 5.78. The van der Waals surface area contributed by atoms with E-state index in [1.807, 2.05) is 6.92 Å². The van der Waals surface area contributed by atoms with Gasteiger partial charge in [0, 0.05) is 22.8 Å². The summed E-state index contributed by atoms with van der Waals surface area (Å²) in [6, 6.07) is 13.8. The molecule has 0 aliphatic carbocycles. The molecule has 5 nitrogen and oxygen atoms in total. The zero-order chi connectivity index (χ0) is 19.2. The van der Waals surface area contributed by atoms with E-state index in [-0.39, 0.29) is 11.8 Å². The fourth-order valence-corrected chi connectivity index (χ4v) is 2.38. The summed E-state index contributed by atoms with van der Waals surface area (Å²) in [6.45, 7) is 5.31. The fraction of sp³-hybridized carbons (Fsp3) is 0.300. The maximum Gasteiger partial charge on any atom is 0.267 e. The molecule has 0 saturated heterocycles. The van der Waals surface area contributed by atoms with Crippen molar-refractivity contribution in [1.29, 1.82) is 0 Å². The van der Waals surface area contributed by atoms with Gasteiger partial charge in [-0.1, -0.05) is 24.6 Å².